The van der Waals surface area contributed by atoms with Gasteiger partial charge in [-0.25, -0.2) is 18.7 Å². The van der Waals surface area contributed by atoms with Gasteiger partial charge >= 0.3 is 6.18 Å². The molecule has 0 radical (unpaired) electrons. The Morgan fingerprint density at radius 1 is 0.848 bits per heavy atom. The number of alkyl halides is 3. The molecule has 2 aliphatic rings. The molecule has 5 rings (SSSR count). The van der Waals surface area contributed by atoms with Crippen molar-refractivity contribution in [2.75, 3.05) is 0 Å². The second-order valence-corrected chi connectivity index (χ2v) is 7.25. The summed E-state index contributed by atoms with van der Waals surface area (Å²) in [5.74, 6) is -1.05. The van der Waals surface area contributed by atoms with E-state index in [4.69, 9.17) is 4.52 Å². The van der Waals surface area contributed by atoms with Gasteiger partial charge in [-0.05, 0) is 30.3 Å². The summed E-state index contributed by atoms with van der Waals surface area (Å²) in [5.41, 5.74) is -0.758. The normalized spacial score (nSPS) is 11.9. The maximum Gasteiger partial charge on any atom is 0.417 e. The lowest BCUT2D eigenvalue weighted by Gasteiger charge is -2.11. The van der Waals surface area contributed by atoms with Crippen LogP contribution in [0.3, 0.4) is 0 Å². The number of aromatic nitrogens is 4. The first-order chi connectivity index (χ1) is 15.8. The maximum atomic E-state index is 14.2. The Kier molecular flexibility index (Phi) is 4.92. The molecule has 0 saturated heterocycles. The first kappa shape index (κ1) is 20.8. The molecule has 1 aromatic heterocycles. The van der Waals surface area contributed by atoms with Crippen molar-refractivity contribution >= 4 is 0 Å². The average Bonchev–Trinajstić information content (AvgIpc) is 3.40. The molecule has 0 unspecified atom stereocenters. The molecule has 2 aromatic carbocycles. The Bertz CT molecular complexity index is 1420. The van der Waals surface area contributed by atoms with Crippen LogP contribution in [0.1, 0.15) is 11.3 Å². The van der Waals surface area contributed by atoms with Gasteiger partial charge in [0.25, 0.3) is 0 Å². The Hall–Kier alpha value is -4.08. The highest BCUT2D eigenvalue weighted by Crippen LogP contribution is 2.38. The number of fused-ring (bicyclic) bond motifs is 1. The predicted molar refractivity (Wildman–Crippen MR) is 108 cm³/mol. The lowest BCUT2D eigenvalue weighted by molar-refractivity contribution is -0.137. The van der Waals surface area contributed by atoms with E-state index in [-0.39, 0.29) is 29.4 Å². The summed E-state index contributed by atoms with van der Waals surface area (Å²) in [6, 6.07) is 11.8. The molecule has 33 heavy (non-hydrogen) atoms. The van der Waals surface area contributed by atoms with Crippen LogP contribution >= 0.6 is 0 Å². The van der Waals surface area contributed by atoms with Crippen LogP contribution in [-0.4, -0.2) is 19.7 Å². The zero-order valence-electron chi connectivity index (χ0n) is 16.6. The minimum atomic E-state index is -4.75. The van der Waals surface area contributed by atoms with Gasteiger partial charge in [0, 0.05) is 18.5 Å². The summed E-state index contributed by atoms with van der Waals surface area (Å²) in [6.45, 7) is 0.0979. The summed E-state index contributed by atoms with van der Waals surface area (Å²) < 4.78 is 75.0. The number of hydrogen-bond donors (Lipinski definition) is 0. The first-order valence-corrected chi connectivity index (χ1v) is 9.70. The van der Waals surface area contributed by atoms with Crippen LogP contribution in [0.2, 0.25) is 0 Å². The van der Waals surface area contributed by atoms with Gasteiger partial charge in [-0.3, -0.25) is 0 Å². The Balaban J connectivity index is 1.45. The Morgan fingerprint density at radius 2 is 1.61 bits per heavy atom. The van der Waals surface area contributed by atoms with Crippen LogP contribution in [0.5, 0.6) is 0 Å². The van der Waals surface area contributed by atoms with Crippen molar-refractivity contribution in [3.8, 4) is 34.0 Å². The van der Waals surface area contributed by atoms with Crippen LogP contribution in [0.25, 0.3) is 34.0 Å². The molecule has 3 heterocycles. The molecule has 0 aliphatic carbocycles. The van der Waals surface area contributed by atoms with Crippen molar-refractivity contribution in [3.63, 3.8) is 0 Å². The fraction of sp³-hybridized carbons (Fsp3) is 0.0870. The molecule has 0 N–H and O–H groups in total. The molecule has 0 amide bonds. The minimum absolute atomic E-state index is 0.0979. The van der Waals surface area contributed by atoms with E-state index in [1.807, 2.05) is 0 Å². The zero-order valence-corrected chi connectivity index (χ0v) is 16.6. The van der Waals surface area contributed by atoms with Gasteiger partial charge in [0.2, 0.25) is 0 Å². The minimum Gasteiger partial charge on any atom is -0.359 e. The molecule has 0 atom stereocenters. The number of rotatable bonds is 4. The fourth-order valence-corrected chi connectivity index (χ4v) is 3.52. The maximum absolute atomic E-state index is 14.2. The van der Waals surface area contributed by atoms with Gasteiger partial charge in [0.1, 0.15) is 23.0 Å². The number of pyridine rings is 1. The van der Waals surface area contributed by atoms with Gasteiger partial charge < -0.3 is 9.09 Å². The van der Waals surface area contributed by atoms with E-state index >= 15 is 0 Å². The highest BCUT2D eigenvalue weighted by Gasteiger charge is 2.35. The second-order valence-electron chi connectivity index (χ2n) is 7.25. The molecule has 0 bridgehead atoms. The summed E-state index contributed by atoms with van der Waals surface area (Å²) in [5, 5.41) is 3.64. The van der Waals surface area contributed by atoms with Crippen LogP contribution in [0.15, 0.2) is 71.5 Å². The van der Waals surface area contributed by atoms with Crippen LogP contribution < -0.4 is 0 Å². The van der Waals surface area contributed by atoms with E-state index in [1.165, 1.54) is 12.1 Å². The van der Waals surface area contributed by atoms with Crippen LogP contribution in [0, 0.1) is 11.6 Å². The largest absolute Gasteiger partial charge is 0.417 e. The Morgan fingerprint density at radius 3 is 2.39 bits per heavy atom. The van der Waals surface area contributed by atoms with Gasteiger partial charge in [0.05, 0.1) is 28.9 Å². The molecule has 2 aliphatic heterocycles. The number of benzene rings is 2. The molecule has 5 nitrogen and oxygen atoms in total. The highest BCUT2D eigenvalue weighted by atomic mass is 19.4. The van der Waals surface area contributed by atoms with E-state index in [9.17, 15) is 22.0 Å². The molecule has 0 spiro atoms. The standard InChI is InChI=1S/C23H13F5N4O/c24-16-6-2-1-4-14(16)22-29-18-8-9-32(12-20(18)30-22)11-13-10-19(31-33-13)21-15(23(26,27)28)5-3-7-17(21)25/h1-10,12H,11H2. The quantitative estimate of drug-likeness (QED) is 0.309. The summed E-state index contributed by atoms with van der Waals surface area (Å²) in [7, 11) is 0. The van der Waals surface area contributed by atoms with E-state index < -0.39 is 28.9 Å². The van der Waals surface area contributed by atoms with Crippen molar-refractivity contribution in [1.29, 1.82) is 0 Å². The summed E-state index contributed by atoms with van der Waals surface area (Å²) in [4.78, 5) is 8.69. The van der Waals surface area contributed by atoms with Gasteiger partial charge in [0.15, 0.2) is 11.6 Å². The van der Waals surface area contributed by atoms with Crippen molar-refractivity contribution in [2.45, 2.75) is 12.7 Å². The number of imidazole rings is 1. The number of nitrogens with zero attached hydrogens (tertiary/aromatic N) is 4. The van der Waals surface area contributed by atoms with Crippen molar-refractivity contribution in [1.82, 2.24) is 19.7 Å². The van der Waals surface area contributed by atoms with Crippen LogP contribution in [0.4, 0.5) is 22.0 Å². The van der Waals surface area contributed by atoms with E-state index in [2.05, 4.69) is 15.1 Å². The smallest absolute Gasteiger partial charge is 0.359 e. The molecule has 0 saturated carbocycles. The van der Waals surface area contributed by atoms with Crippen molar-refractivity contribution in [3.05, 3.63) is 89.9 Å². The van der Waals surface area contributed by atoms with Crippen molar-refractivity contribution in [2.24, 2.45) is 0 Å². The molecule has 166 valence electrons. The zero-order chi connectivity index (χ0) is 23.2. The molecular formula is C23H13F5N4O. The van der Waals surface area contributed by atoms with Gasteiger partial charge in [-0.1, -0.05) is 23.4 Å². The molecule has 10 heteroatoms. The van der Waals surface area contributed by atoms with E-state index in [1.54, 1.807) is 41.2 Å². The lowest BCUT2D eigenvalue weighted by atomic mass is 10.0. The second kappa shape index (κ2) is 7.80. The lowest BCUT2D eigenvalue weighted by Crippen LogP contribution is -2.08. The third-order valence-electron chi connectivity index (χ3n) is 5.01. The SMILES string of the molecule is Fc1ccccc1-c1nc2ccn(Cc3cc(-c4c(F)cccc4C(F)(F)F)no3)cc-2n1. The Labute approximate surface area is 183 Å². The molecule has 3 aromatic rings. The third-order valence-corrected chi connectivity index (χ3v) is 5.01. The first-order valence-electron chi connectivity index (χ1n) is 9.70. The van der Waals surface area contributed by atoms with E-state index in [0.717, 1.165) is 18.2 Å². The van der Waals surface area contributed by atoms with Crippen LogP contribution in [-0.2, 0) is 12.7 Å². The predicted octanol–water partition coefficient (Wildman–Crippen LogP) is 6.05. The van der Waals surface area contributed by atoms with Crippen molar-refractivity contribution < 1.29 is 26.5 Å². The molecular weight excluding hydrogens is 443 g/mol. The fourth-order valence-electron chi connectivity index (χ4n) is 3.52. The summed E-state index contributed by atoms with van der Waals surface area (Å²) >= 11 is 0. The average molecular weight is 456 g/mol. The number of halogens is 5. The van der Waals surface area contributed by atoms with Gasteiger partial charge in [-0.2, -0.15) is 13.2 Å². The van der Waals surface area contributed by atoms with Gasteiger partial charge in [-0.15, -0.1) is 0 Å². The summed E-state index contributed by atoms with van der Waals surface area (Å²) in [6.07, 6.45) is -1.45. The van der Waals surface area contributed by atoms with E-state index in [0.29, 0.717) is 11.4 Å². The topological polar surface area (TPSA) is 56.7 Å². The third kappa shape index (κ3) is 3.95. The highest BCUT2D eigenvalue weighted by molar-refractivity contribution is 5.66. The monoisotopic (exact) mass is 456 g/mol. The molecule has 0 fully saturated rings. The number of hydrogen-bond acceptors (Lipinski definition) is 4.